The van der Waals surface area contributed by atoms with Crippen LogP contribution < -0.4 is 31.8 Å². The topological polar surface area (TPSA) is 64.5 Å². The van der Waals surface area contributed by atoms with Crippen LogP contribution in [0.5, 0.6) is 0 Å². The van der Waals surface area contributed by atoms with Crippen LogP contribution in [0.2, 0.25) is 0 Å². The Balaban J connectivity index is 1.06. The molecular weight excluding hydrogens is 1200 g/mol. The molecule has 0 spiro atoms. The summed E-state index contributed by atoms with van der Waals surface area (Å²) in [5.74, 6) is -1.25. The molecule has 1 unspecified atom stereocenters. The smallest absolute Gasteiger partial charge is 0.332 e. The van der Waals surface area contributed by atoms with Gasteiger partial charge in [0.25, 0.3) is 0 Å². The fourth-order valence-corrected chi connectivity index (χ4v) is 20.7. The van der Waals surface area contributed by atoms with Crippen molar-refractivity contribution in [2.24, 2.45) is 5.92 Å². The first-order valence-electron chi connectivity index (χ1n) is 35.5. The lowest BCUT2D eigenvalue weighted by molar-refractivity contribution is 0.438. The highest BCUT2D eigenvalue weighted by atomic mass is 31.1. The molecule has 1 aliphatic heterocycles. The third-order valence-electron chi connectivity index (χ3n) is 20.9. The maximum absolute atomic E-state index is 12.0. The van der Waals surface area contributed by atoms with Crippen molar-refractivity contribution in [2.45, 2.75) is 160 Å². The molecule has 1 atom stereocenters. The summed E-state index contributed by atoms with van der Waals surface area (Å²) in [6, 6.07) is 71.6. The van der Waals surface area contributed by atoms with Crippen LogP contribution in [0.4, 0.5) is 0 Å². The minimum atomic E-state index is -1.65. The van der Waals surface area contributed by atoms with Gasteiger partial charge in [0.05, 0.1) is 45.7 Å². The first-order valence-corrected chi connectivity index (χ1v) is 38.0. The molecule has 0 saturated carbocycles. The number of benzene rings is 8. The van der Waals surface area contributed by atoms with E-state index >= 15 is 0 Å². The number of nitriles is 2. The lowest BCUT2D eigenvalue weighted by atomic mass is 9.93. The van der Waals surface area contributed by atoms with Crippen molar-refractivity contribution in [1.29, 1.82) is 10.5 Å². The van der Waals surface area contributed by atoms with Crippen LogP contribution in [0.1, 0.15) is 168 Å². The van der Waals surface area contributed by atoms with Gasteiger partial charge in [0.2, 0.25) is 0 Å². The standard InChI is InChI=1S/C88H84N6P2/c1-91-88(92-2)87-83-82(84(75-49-47-71-27-15-17-29-73(71)59-75)94(87)96(80-55-43-69(44-56-80)37-33-65-23-11-5-12-24-65)81-57-45-70(46-58-81)38-34-66-25-13-6-14-26-66)86(77(61-89)62-90)93(85(83)76-50-48-72-28-16-18-30-74(72)60-76)95(78-51-39-67(40-52-78)35-31-63-19-7-3-8-20-63)79-53-41-68(42-54-79)36-32-64-21-9-4-10-22-64/h15-19,21,23,25,27-30,39-60,77,86H,3-14,20,22,24,26,31-38H2. The minimum Gasteiger partial charge on any atom is -0.332 e. The number of fused-ring (bicyclic) bond motifs is 3. The molecular formula is C88H84N6P2. The molecule has 0 bridgehead atoms. The average molecular weight is 1290 g/mol. The zero-order valence-electron chi connectivity index (χ0n) is 55.3. The summed E-state index contributed by atoms with van der Waals surface area (Å²) in [5, 5.41) is 33.8. The third-order valence-corrected chi connectivity index (χ3v) is 25.7. The van der Waals surface area contributed by atoms with E-state index < -0.39 is 28.1 Å². The summed E-state index contributed by atoms with van der Waals surface area (Å²) in [7, 11) is -3.27. The molecule has 5 aliphatic rings. The highest BCUT2D eigenvalue weighted by molar-refractivity contribution is 7.72. The molecule has 0 fully saturated rings. The highest BCUT2D eigenvalue weighted by Crippen LogP contribution is 2.57. The number of allylic oxidation sites excluding steroid dienone is 8. The van der Waals surface area contributed by atoms with Gasteiger partial charge in [-0.1, -0.05) is 216 Å². The van der Waals surface area contributed by atoms with Crippen molar-refractivity contribution >= 4 is 70.4 Å². The molecule has 0 radical (unpaired) electrons. The Hall–Kier alpha value is -9.12. The maximum Gasteiger partial charge on any atom is 0.544 e. The summed E-state index contributed by atoms with van der Waals surface area (Å²) >= 11 is 0. The Labute approximate surface area is 571 Å². The molecule has 8 aromatic carbocycles. The van der Waals surface area contributed by atoms with Crippen molar-refractivity contribution in [3.05, 3.63) is 295 Å². The fourth-order valence-electron chi connectivity index (χ4n) is 15.7. The van der Waals surface area contributed by atoms with Gasteiger partial charge in [0.1, 0.15) is 13.1 Å². The van der Waals surface area contributed by atoms with Gasteiger partial charge in [0.15, 0.2) is 11.3 Å². The number of hydrogen-bond acceptors (Lipinski definition) is 3. The van der Waals surface area contributed by atoms with Gasteiger partial charge in [-0.3, -0.25) is 0 Å². The van der Waals surface area contributed by atoms with Crippen LogP contribution in [0, 0.1) is 41.7 Å². The Kier molecular flexibility index (Phi) is 20.3. The molecule has 0 amide bonds. The third kappa shape index (κ3) is 14.0. The van der Waals surface area contributed by atoms with Crippen LogP contribution >= 0.6 is 16.1 Å². The van der Waals surface area contributed by atoms with Gasteiger partial charge in [-0.15, -0.1) is 0 Å². The van der Waals surface area contributed by atoms with E-state index in [0.29, 0.717) is 5.35 Å². The minimum absolute atomic E-state index is 0.0518. The predicted octanol–water partition coefficient (Wildman–Crippen LogP) is 20.2. The second-order valence-corrected chi connectivity index (χ2v) is 31.2. The average Bonchev–Trinajstić information content (AvgIpc) is 1.52. The van der Waals surface area contributed by atoms with Crippen molar-refractivity contribution < 1.29 is 0 Å². The van der Waals surface area contributed by atoms with Crippen LogP contribution in [0.3, 0.4) is 0 Å². The second-order valence-electron chi connectivity index (χ2n) is 27.1. The normalized spacial score (nSPS) is 16.3. The summed E-state index contributed by atoms with van der Waals surface area (Å²) in [6.45, 7) is 18.6. The van der Waals surface area contributed by atoms with Gasteiger partial charge in [-0.25, -0.2) is 0 Å². The van der Waals surface area contributed by atoms with Crippen molar-refractivity contribution in [2.75, 3.05) is 0 Å². The second kappa shape index (κ2) is 30.3. The Bertz CT molecular complexity index is 4610. The predicted molar refractivity (Wildman–Crippen MR) is 402 cm³/mol. The molecule has 0 N–H and O–H groups in total. The Morgan fingerprint density at radius 2 is 0.792 bits per heavy atom. The quantitative estimate of drug-likeness (QED) is 0.0409. The van der Waals surface area contributed by atoms with Gasteiger partial charge in [-0.05, 0) is 221 Å². The van der Waals surface area contributed by atoms with Crippen LogP contribution in [-0.4, -0.2) is 9.01 Å². The van der Waals surface area contributed by atoms with Crippen LogP contribution in [0.25, 0.3) is 54.0 Å². The molecule has 476 valence electrons. The van der Waals surface area contributed by atoms with Crippen molar-refractivity contribution in [3.63, 3.8) is 0 Å². The first kappa shape index (κ1) is 64.2. The summed E-state index contributed by atoms with van der Waals surface area (Å²) in [5.41, 5.74) is 15.6. The number of hydrogen-bond donors (Lipinski definition) is 0. The van der Waals surface area contributed by atoms with E-state index in [2.05, 4.69) is 237 Å². The van der Waals surface area contributed by atoms with E-state index in [1.165, 1.54) is 99.3 Å². The summed E-state index contributed by atoms with van der Waals surface area (Å²) < 4.78 is 4.84. The lowest BCUT2D eigenvalue weighted by Gasteiger charge is -2.40. The summed E-state index contributed by atoms with van der Waals surface area (Å²) in [6.07, 6.45) is 37.2. The molecule has 0 saturated heterocycles. The molecule has 4 aliphatic carbocycles. The molecule has 2 heterocycles. The number of rotatable bonds is 21. The molecule has 1 aromatic heterocycles. The number of aromatic nitrogens is 1. The number of nitrogens with zero attached hydrogens (tertiary/aromatic N) is 6. The number of aryl methyl sites for hydroxylation is 4. The van der Waals surface area contributed by atoms with Crippen LogP contribution in [-0.2, 0) is 25.7 Å². The van der Waals surface area contributed by atoms with E-state index in [1.807, 2.05) is 0 Å². The lowest BCUT2D eigenvalue weighted by Crippen LogP contribution is -2.36. The van der Waals surface area contributed by atoms with Gasteiger partial charge in [0, 0.05) is 32.0 Å². The molecule has 9 aromatic rings. The van der Waals surface area contributed by atoms with E-state index in [0.717, 1.165) is 153 Å². The van der Waals surface area contributed by atoms with Gasteiger partial charge < -0.3 is 9.01 Å². The van der Waals surface area contributed by atoms with Crippen LogP contribution in [0.15, 0.2) is 229 Å². The van der Waals surface area contributed by atoms with Crippen molar-refractivity contribution in [3.8, 4) is 23.4 Å². The Morgan fingerprint density at radius 3 is 1.16 bits per heavy atom. The fraction of sp³-hybridized carbons (Fsp3) is 0.295. The highest BCUT2D eigenvalue weighted by Gasteiger charge is 2.48. The maximum atomic E-state index is 12.0. The largest absolute Gasteiger partial charge is 0.544 e. The Morgan fingerprint density at radius 1 is 0.427 bits per heavy atom. The first-order chi connectivity index (χ1) is 47.4. The monoisotopic (exact) mass is 1290 g/mol. The van der Waals surface area contributed by atoms with Gasteiger partial charge in [-0.2, -0.15) is 20.2 Å². The van der Waals surface area contributed by atoms with E-state index in [9.17, 15) is 23.7 Å². The van der Waals surface area contributed by atoms with E-state index in [4.69, 9.17) is 0 Å². The van der Waals surface area contributed by atoms with Gasteiger partial charge >= 0.3 is 5.82 Å². The zero-order valence-corrected chi connectivity index (χ0v) is 57.1. The zero-order chi connectivity index (χ0) is 65.2. The molecule has 6 nitrogen and oxygen atoms in total. The molecule has 14 rings (SSSR count). The summed E-state index contributed by atoms with van der Waals surface area (Å²) in [4.78, 5) is 8.66. The van der Waals surface area contributed by atoms with E-state index in [-0.39, 0.29) is 5.82 Å². The van der Waals surface area contributed by atoms with Crippen molar-refractivity contribution in [1.82, 2.24) is 9.01 Å². The molecule has 96 heavy (non-hydrogen) atoms. The molecule has 8 heteroatoms. The SMILES string of the molecule is [C-]#[N+]C([N+]#[C-])=c1c2c(c(-c3ccc4ccccc4c3)n1P(c1ccc(CCC3=CCCCC3)cc1)c1ccc(CCC3=CCCCC3)cc1)C(C(C#N)C#N)N(P(c1ccc(CCC3=CCCCC3)cc1)c1ccc(CCC3=CCCCC3)cc1)C=2c1ccc2ccccc2c1. The van der Waals surface area contributed by atoms with E-state index in [1.54, 1.807) is 22.3 Å².